The molecule has 3 atom stereocenters. The normalized spacial score (nSPS) is 15.5. The van der Waals surface area contributed by atoms with Crippen LogP contribution in [0, 0.1) is 0 Å². The molecule has 0 amide bonds. The fourth-order valence-corrected chi connectivity index (χ4v) is 2.48. The van der Waals surface area contributed by atoms with Gasteiger partial charge in [-0.1, -0.05) is 36.8 Å². The molecule has 0 saturated carbocycles. The van der Waals surface area contributed by atoms with E-state index in [2.05, 4.69) is 11.1 Å². The fraction of sp³-hybridized carbons (Fsp3) is 0.545. The summed E-state index contributed by atoms with van der Waals surface area (Å²) in [7, 11) is 0. The number of aliphatic carboxylic acids is 4. The molecule has 13 N–H and O–H groups in total. The molecular formula is C22H39N5O8. The molecule has 0 aliphatic carbocycles. The van der Waals surface area contributed by atoms with E-state index in [0.717, 1.165) is 37.8 Å². The lowest BCUT2D eigenvalue weighted by molar-refractivity contribution is -0.139. The van der Waals surface area contributed by atoms with Gasteiger partial charge in [-0.15, -0.1) is 0 Å². The van der Waals surface area contributed by atoms with E-state index >= 15 is 0 Å². The maximum Gasteiger partial charge on any atom is 0.320 e. The predicted molar refractivity (Wildman–Crippen MR) is 130 cm³/mol. The van der Waals surface area contributed by atoms with E-state index in [-0.39, 0.29) is 12.6 Å². The third kappa shape index (κ3) is 21.2. The van der Waals surface area contributed by atoms with Crippen molar-refractivity contribution in [1.82, 2.24) is 5.32 Å². The van der Waals surface area contributed by atoms with Gasteiger partial charge in [0, 0.05) is 0 Å². The lowest BCUT2D eigenvalue weighted by atomic mass is 10.1. The third-order valence-electron chi connectivity index (χ3n) is 4.44. The minimum Gasteiger partial charge on any atom is -0.480 e. The van der Waals surface area contributed by atoms with Gasteiger partial charge in [0.1, 0.15) is 18.1 Å². The largest absolute Gasteiger partial charge is 0.480 e. The molecule has 13 heteroatoms. The highest BCUT2D eigenvalue weighted by molar-refractivity contribution is 5.74. The Labute approximate surface area is 204 Å². The van der Waals surface area contributed by atoms with Gasteiger partial charge in [0.25, 0.3) is 0 Å². The van der Waals surface area contributed by atoms with Gasteiger partial charge in [0.2, 0.25) is 0 Å². The van der Waals surface area contributed by atoms with E-state index < -0.39 is 36.0 Å². The standard InChI is InChI=1S/C9H11NO2.C6H14N2O2.C5H9NO2.C2H5NO2/c10-8(9(11)12)6-7-4-2-1-3-5-7;7-4-2-1-3-5(8)6(9)10;7-5(8)4-2-1-3-6-4;3-1-2(4)5/h1-5,8H,6,10H2,(H,11,12);5H,1-4,7-8H2,(H,9,10);4,6H,1-3H2,(H,7,8);1,3H2,(H,4,5)/t8-;5-;4-;/m000./s1. The molecule has 1 fully saturated rings. The number of carbonyl (C=O) groups is 4. The molecule has 1 heterocycles. The van der Waals surface area contributed by atoms with Crippen molar-refractivity contribution in [3.8, 4) is 0 Å². The third-order valence-corrected chi connectivity index (χ3v) is 4.44. The lowest BCUT2D eigenvalue weighted by Gasteiger charge is -2.04. The summed E-state index contributed by atoms with van der Waals surface area (Å²) in [5, 5.41) is 35.6. The fourth-order valence-electron chi connectivity index (χ4n) is 2.48. The zero-order valence-electron chi connectivity index (χ0n) is 19.7. The number of benzene rings is 1. The van der Waals surface area contributed by atoms with Gasteiger partial charge in [-0.2, -0.15) is 0 Å². The molecule has 0 radical (unpaired) electrons. The first-order valence-electron chi connectivity index (χ1n) is 11.0. The summed E-state index contributed by atoms with van der Waals surface area (Å²) in [6, 6.07) is 7.56. The van der Waals surface area contributed by atoms with Crippen molar-refractivity contribution in [3.63, 3.8) is 0 Å². The van der Waals surface area contributed by atoms with Crippen molar-refractivity contribution < 1.29 is 39.6 Å². The van der Waals surface area contributed by atoms with Crippen molar-refractivity contribution >= 4 is 23.9 Å². The smallest absolute Gasteiger partial charge is 0.320 e. The molecular weight excluding hydrogens is 462 g/mol. The summed E-state index contributed by atoms with van der Waals surface area (Å²) in [5.74, 6) is -3.58. The Hall–Kier alpha value is -3.10. The number of hydrogen-bond acceptors (Lipinski definition) is 9. The van der Waals surface area contributed by atoms with E-state index in [0.29, 0.717) is 19.4 Å². The molecule has 35 heavy (non-hydrogen) atoms. The van der Waals surface area contributed by atoms with Crippen LogP contribution in [0.2, 0.25) is 0 Å². The van der Waals surface area contributed by atoms with Gasteiger partial charge in [-0.25, -0.2) is 0 Å². The Morgan fingerprint density at radius 1 is 0.914 bits per heavy atom. The minimum atomic E-state index is -0.968. The Kier molecular flexibility index (Phi) is 20.9. The molecule has 1 aromatic carbocycles. The second kappa shape index (κ2) is 21.4. The average molecular weight is 502 g/mol. The number of carboxylic acid groups (broad SMARTS) is 4. The first-order chi connectivity index (χ1) is 16.5. The van der Waals surface area contributed by atoms with Crippen LogP contribution in [0.1, 0.15) is 37.7 Å². The second-order valence-electron chi connectivity index (χ2n) is 7.45. The number of carboxylic acids is 4. The highest BCUT2D eigenvalue weighted by Crippen LogP contribution is 2.03. The Morgan fingerprint density at radius 3 is 1.80 bits per heavy atom. The highest BCUT2D eigenvalue weighted by Gasteiger charge is 2.20. The predicted octanol–water partition coefficient (Wildman–Crippen LogP) is -0.979. The molecule has 0 aromatic heterocycles. The van der Waals surface area contributed by atoms with Crippen molar-refractivity contribution in [2.24, 2.45) is 22.9 Å². The van der Waals surface area contributed by atoms with E-state index in [1.54, 1.807) is 0 Å². The second-order valence-corrected chi connectivity index (χ2v) is 7.45. The van der Waals surface area contributed by atoms with Gasteiger partial charge in [-0.3, -0.25) is 19.2 Å². The highest BCUT2D eigenvalue weighted by atomic mass is 16.4. The summed E-state index contributed by atoms with van der Waals surface area (Å²) in [5.41, 5.74) is 21.3. The SMILES string of the molecule is NCC(=O)O.NCCCC[C@H](N)C(=O)O.N[C@@H](Cc1ccccc1)C(=O)O.O=C(O)[C@@H]1CCCN1. The molecule has 0 spiro atoms. The van der Waals surface area contributed by atoms with Gasteiger partial charge in [0.15, 0.2) is 0 Å². The van der Waals surface area contributed by atoms with Gasteiger partial charge in [0.05, 0.1) is 6.54 Å². The van der Waals surface area contributed by atoms with Crippen LogP contribution in [0.25, 0.3) is 0 Å². The average Bonchev–Trinajstić information content (AvgIpc) is 3.36. The number of hydrogen-bond donors (Lipinski definition) is 9. The summed E-state index contributed by atoms with van der Waals surface area (Å²) in [6.07, 6.45) is 4.33. The monoisotopic (exact) mass is 501 g/mol. The van der Waals surface area contributed by atoms with Gasteiger partial charge in [-0.05, 0) is 50.8 Å². The van der Waals surface area contributed by atoms with E-state index in [1.165, 1.54) is 0 Å². The molecule has 0 bridgehead atoms. The molecule has 200 valence electrons. The topological polar surface area (TPSA) is 265 Å². The summed E-state index contributed by atoms with van der Waals surface area (Å²) >= 11 is 0. The first-order valence-corrected chi connectivity index (χ1v) is 11.0. The van der Waals surface area contributed by atoms with Crippen LogP contribution in [-0.4, -0.2) is 82.1 Å². The van der Waals surface area contributed by atoms with E-state index in [9.17, 15) is 19.2 Å². The molecule has 1 saturated heterocycles. The molecule has 0 unspecified atom stereocenters. The lowest BCUT2D eigenvalue weighted by Crippen LogP contribution is -2.32. The van der Waals surface area contributed by atoms with Crippen LogP contribution in [0.4, 0.5) is 0 Å². The summed E-state index contributed by atoms with van der Waals surface area (Å²) in [6.45, 7) is 1.18. The zero-order valence-corrected chi connectivity index (χ0v) is 19.7. The van der Waals surface area contributed by atoms with Crippen LogP contribution in [0.15, 0.2) is 30.3 Å². The van der Waals surface area contributed by atoms with Crippen LogP contribution in [0.5, 0.6) is 0 Å². The van der Waals surface area contributed by atoms with Crippen LogP contribution >= 0.6 is 0 Å². The first kappa shape index (κ1) is 34.1. The quantitative estimate of drug-likeness (QED) is 0.175. The van der Waals surface area contributed by atoms with Crippen molar-refractivity contribution in [1.29, 1.82) is 0 Å². The van der Waals surface area contributed by atoms with Gasteiger partial charge >= 0.3 is 23.9 Å². The summed E-state index contributed by atoms with van der Waals surface area (Å²) in [4.78, 5) is 39.9. The minimum absolute atomic E-state index is 0.269. The maximum absolute atomic E-state index is 10.4. The van der Waals surface area contributed by atoms with Crippen LogP contribution in [0.3, 0.4) is 0 Å². The zero-order chi connectivity index (χ0) is 27.2. The van der Waals surface area contributed by atoms with Crippen molar-refractivity contribution in [3.05, 3.63) is 35.9 Å². The Balaban J connectivity index is 0. The summed E-state index contributed by atoms with van der Waals surface area (Å²) < 4.78 is 0. The van der Waals surface area contributed by atoms with E-state index in [4.69, 9.17) is 37.6 Å². The molecule has 1 aliphatic heterocycles. The number of nitrogens with two attached hydrogens (primary N) is 4. The number of rotatable bonds is 10. The van der Waals surface area contributed by atoms with Crippen LogP contribution < -0.4 is 28.3 Å². The van der Waals surface area contributed by atoms with Crippen LogP contribution in [-0.2, 0) is 25.6 Å². The molecule has 13 nitrogen and oxygen atoms in total. The Morgan fingerprint density at radius 2 is 1.46 bits per heavy atom. The van der Waals surface area contributed by atoms with Gasteiger partial charge < -0.3 is 48.7 Å². The maximum atomic E-state index is 10.4. The number of nitrogens with one attached hydrogen (secondary N) is 1. The molecule has 1 aromatic rings. The Bertz CT molecular complexity index is 730. The molecule has 1 aliphatic rings. The van der Waals surface area contributed by atoms with Crippen molar-refractivity contribution in [2.75, 3.05) is 19.6 Å². The van der Waals surface area contributed by atoms with Crippen molar-refractivity contribution in [2.45, 2.75) is 56.7 Å². The number of unbranched alkanes of at least 4 members (excludes halogenated alkanes) is 1. The van der Waals surface area contributed by atoms with E-state index in [1.807, 2.05) is 30.3 Å². The molecule has 2 rings (SSSR count).